The van der Waals surface area contributed by atoms with Gasteiger partial charge >= 0.3 is 0 Å². The highest BCUT2D eigenvalue weighted by Gasteiger charge is 2.48. The van der Waals surface area contributed by atoms with E-state index in [1.54, 1.807) is 18.2 Å². The van der Waals surface area contributed by atoms with E-state index >= 15 is 0 Å². The lowest BCUT2D eigenvalue weighted by atomic mass is 9.80. The summed E-state index contributed by atoms with van der Waals surface area (Å²) >= 11 is 1.53. The quantitative estimate of drug-likeness (QED) is 0.670. The van der Waals surface area contributed by atoms with E-state index in [0.29, 0.717) is 18.4 Å². The lowest BCUT2D eigenvalue weighted by molar-refractivity contribution is -0.0616. The van der Waals surface area contributed by atoms with Crippen molar-refractivity contribution in [1.82, 2.24) is 14.9 Å². The van der Waals surface area contributed by atoms with E-state index in [1.807, 2.05) is 18.6 Å². The molecule has 1 aromatic heterocycles. The van der Waals surface area contributed by atoms with Crippen LogP contribution in [0.3, 0.4) is 0 Å². The topological polar surface area (TPSA) is 49.2 Å². The first-order valence-electron chi connectivity index (χ1n) is 8.67. The second kappa shape index (κ2) is 6.67. The van der Waals surface area contributed by atoms with Gasteiger partial charge in [0.15, 0.2) is 5.16 Å². The van der Waals surface area contributed by atoms with Crippen molar-refractivity contribution in [1.29, 1.82) is 0 Å². The number of nitrogens with zero attached hydrogens (tertiary/aromatic N) is 3. The zero-order valence-corrected chi connectivity index (χ0v) is 15.0. The van der Waals surface area contributed by atoms with Gasteiger partial charge in [-0.25, -0.2) is 14.4 Å². The molecule has 2 aromatic rings. The number of thioether (sulfide) groups is 1. The van der Waals surface area contributed by atoms with E-state index in [4.69, 9.17) is 0 Å². The van der Waals surface area contributed by atoms with Gasteiger partial charge in [-0.3, -0.25) is 4.90 Å². The van der Waals surface area contributed by atoms with Crippen LogP contribution in [-0.2, 0) is 12.1 Å². The molecule has 0 saturated carbocycles. The fourth-order valence-electron chi connectivity index (χ4n) is 4.37. The van der Waals surface area contributed by atoms with Gasteiger partial charge in [0.2, 0.25) is 0 Å². The molecular formula is C19H22FN3OS. The standard InChI is InChI=1S/C19H22FN3OS/c1-25-18-21-10-13(11-22-18)12-23-14-6-7-15(23)9-19(24,8-14)16-4-2-3-5-17(16)20/h2-5,10-11,14-15,24H,6-9,12H2,1H3/t14-,15-/m0/s1. The molecule has 1 aromatic carbocycles. The molecule has 1 N–H and O–H groups in total. The van der Waals surface area contributed by atoms with Gasteiger partial charge in [-0.15, -0.1) is 0 Å². The second-order valence-corrected chi connectivity index (χ2v) is 7.83. The van der Waals surface area contributed by atoms with Crippen molar-refractivity contribution in [3.63, 3.8) is 0 Å². The Bertz CT molecular complexity index is 741. The van der Waals surface area contributed by atoms with E-state index < -0.39 is 5.60 Å². The summed E-state index contributed by atoms with van der Waals surface area (Å²) in [6.45, 7) is 0.789. The smallest absolute Gasteiger partial charge is 0.187 e. The van der Waals surface area contributed by atoms with Crippen molar-refractivity contribution in [3.8, 4) is 0 Å². The van der Waals surface area contributed by atoms with Crippen molar-refractivity contribution >= 4 is 11.8 Å². The van der Waals surface area contributed by atoms with Gasteiger partial charge in [-0.2, -0.15) is 0 Å². The third-order valence-corrected chi connectivity index (χ3v) is 6.10. The Labute approximate surface area is 151 Å². The SMILES string of the molecule is CSc1ncc(CN2[C@H]3CC[C@H]2CC(O)(c2ccccc2F)C3)cn1. The zero-order valence-electron chi connectivity index (χ0n) is 14.2. The molecule has 2 atom stereocenters. The normalized spacial score (nSPS) is 29.1. The predicted molar refractivity (Wildman–Crippen MR) is 95.7 cm³/mol. The van der Waals surface area contributed by atoms with Gasteiger partial charge in [0, 0.05) is 42.1 Å². The molecule has 4 nitrogen and oxygen atoms in total. The van der Waals surface area contributed by atoms with E-state index in [2.05, 4.69) is 14.9 Å². The third-order valence-electron chi connectivity index (χ3n) is 5.52. The second-order valence-electron chi connectivity index (χ2n) is 7.06. The molecule has 3 heterocycles. The van der Waals surface area contributed by atoms with Crippen LogP contribution in [0.15, 0.2) is 41.8 Å². The third kappa shape index (κ3) is 3.18. The molecule has 0 spiro atoms. The van der Waals surface area contributed by atoms with E-state index in [0.717, 1.165) is 30.1 Å². The molecule has 0 aliphatic carbocycles. The number of hydrogen-bond acceptors (Lipinski definition) is 5. The Balaban J connectivity index is 1.53. The lowest BCUT2D eigenvalue weighted by Crippen LogP contribution is -2.49. The molecule has 0 unspecified atom stereocenters. The van der Waals surface area contributed by atoms with Crippen molar-refractivity contribution in [2.45, 2.75) is 55.1 Å². The number of rotatable bonds is 4. The Morgan fingerprint density at radius 2 is 1.84 bits per heavy atom. The van der Waals surface area contributed by atoms with Crippen LogP contribution in [0.1, 0.15) is 36.8 Å². The average molecular weight is 359 g/mol. The molecular weight excluding hydrogens is 337 g/mol. The maximum atomic E-state index is 14.2. The first kappa shape index (κ1) is 16.9. The average Bonchev–Trinajstić information content (AvgIpc) is 2.86. The number of aliphatic hydroxyl groups is 1. The van der Waals surface area contributed by atoms with Crippen LogP contribution in [0.5, 0.6) is 0 Å². The van der Waals surface area contributed by atoms with Crippen LogP contribution in [0.2, 0.25) is 0 Å². The van der Waals surface area contributed by atoms with Crippen LogP contribution in [0.25, 0.3) is 0 Å². The fourth-order valence-corrected chi connectivity index (χ4v) is 4.69. The molecule has 4 rings (SSSR count). The number of hydrogen-bond donors (Lipinski definition) is 1. The monoisotopic (exact) mass is 359 g/mol. The molecule has 6 heteroatoms. The van der Waals surface area contributed by atoms with Gasteiger partial charge in [0.1, 0.15) is 5.82 Å². The Morgan fingerprint density at radius 3 is 2.44 bits per heavy atom. The van der Waals surface area contributed by atoms with Crippen molar-refractivity contribution in [2.75, 3.05) is 6.26 Å². The molecule has 132 valence electrons. The highest BCUT2D eigenvalue weighted by molar-refractivity contribution is 7.98. The van der Waals surface area contributed by atoms with E-state index in [9.17, 15) is 9.50 Å². The van der Waals surface area contributed by atoms with E-state index in [-0.39, 0.29) is 17.9 Å². The number of benzene rings is 1. The summed E-state index contributed by atoms with van der Waals surface area (Å²) in [4.78, 5) is 11.1. The van der Waals surface area contributed by atoms with Gasteiger partial charge in [-0.1, -0.05) is 30.0 Å². The van der Waals surface area contributed by atoms with Gasteiger partial charge in [-0.05, 0) is 38.0 Å². The van der Waals surface area contributed by atoms with Crippen molar-refractivity contribution < 1.29 is 9.50 Å². The Morgan fingerprint density at radius 1 is 1.20 bits per heavy atom. The summed E-state index contributed by atoms with van der Waals surface area (Å²) in [5.74, 6) is -0.307. The minimum atomic E-state index is -1.06. The summed E-state index contributed by atoms with van der Waals surface area (Å²) < 4.78 is 14.2. The summed E-state index contributed by atoms with van der Waals surface area (Å²) in [5, 5.41) is 11.9. The first-order valence-corrected chi connectivity index (χ1v) is 9.89. The van der Waals surface area contributed by atoms with Crippen LogP contribution < -0.4 is 0 Å². The maximum Gasteiger partial charge on any atom is 0.187 e. The van der Waals surface area contributed by atoms with Crippen LogP contribution in [0, 0.1) is 5.82 Å². The minimum absolute atomic E-state index is 0.267. The molecule has 2 fully saturated rings. The Hall–Kier alpha value is -1.50. The zero-order chi connectivity index (χ0) is 17.4. The fraction of sp³-hybridized carbons (Fsp3) is 0.474. The summed E-state index contributed by atoms with van der Waals surface area (Å²) in [6.07, 6.45) is 8.98. The van der Waals surface area contributed by atoms with Crippen molar-refractivity contribution in [2.24, 2.45) is 0 Å². The molecule has 2 aliphatic heterocycles. The molecule has 25 heavy (non-hydrogen) atoms. The molecule has 2 bridgehead atoms. The highest BCUT2D eigenvalue weighted by atomic mass is 32.2. The number of fused-ring (bicyclic) bond motifs is 2. The van der Waals surface area contributed by atoms with Gasteiger partial charge in [0.05, 0.1) is 5.60 Å². The molecule has 0 amide bonds. The van der Waals surface area contributed by atoms with Crippen molar-refractivity contribution in [3.05, 3.63) is 53.6 Å². The van der Waals surface area contributed by atoms with Crippen LogP contribution in [-0.4, -0.2) is 38.3 Å². The number of piperidine rings is 1. The minimum Gasteiger partial charge on any atom is -0.385 e. The molecule has 2 aliphatic rings. The largest absolute Gasteiger partial charge is 0.385 e. The summed E-state index contributed by atoms with van der Waals surface area (Å²) in [5.41, 5.74) is 0.470. The van der Waals surface area contributed by atoms with Crippen LogP contribution >= 0.6 is 11.8 Å². The maximum absolute atomic E-state index is 14.2. The molecule has 2 saturated heterocycles. The highest BCUT2D eigenvalue weighted by Crippen LogP contribution is 2.46. The predicted octanol–water partition coefficient (Wildman–Crippen LogP) is 3.35. The van der Waals surface area contributed by atoms with Gasteiger partial charge in [0.25, 0.3) is 0 Å². The number of aromatic nitrogens is 2. The molecule has 0 radical (unpaired) electrons. The summed E-state index contributed by atoms with van der Waals surface area (Å²) in [7, 11) is 0. The lowest BCUT2D eigenvalue weighted by Gasteiger charge is -2.44. The Kier molecular flexibility index (Phi) is 4.52. The van der Waals surface area contributed by atoms with Crippen LogP contribution in [0.4, 0.5) is 4.39 Å². The first-order chi connectivity index (χ1) is 12.1. The summed E-state index contributed by atoms with van der Waals surface area (Å²) in [6, 6.07) is 7.16. The number of halogens is 1. The van der Waals surface area contributed by atoms with Gasteiger partial charge < -0.3 is 5.11 Å². The van der Waals surface area contributed by atoms with E-state index in [1.165, 1.54) is 17.8 Å².